The normalized spacial score (nSPS) is 11.2. The summed E-state index contributed by atoms with van der Waals surface area (Å²) < 4.78 is 40.4. The number of ether oxygens (including phenoxy) is 1. The van der Waals surface area contributed by atoms with E-state index in [0.717, 1.165) is 11.6 Å². The van der Waals surface area contributed by atoms with Gasteiger partial charge in [0.15, 0.2) is 0 Å². The van der Waals surface area contributed by atoms with E-state index in [1.165, 1.54) is 12.1 Å². The highest BCUT2D eigenvalue weighted by molar-refractivity contribution is 5.78. The molecule has 2 aromatic rings. The SMILES string of the molecule is O=Cc1ccc(OC(F)(F)F)cc1Cc1ccccc1. The van der Waals surface area contributed by atoms with Crippen LogP contribution < -0.4 is 4.74 Å². The third-order valence-electron chi connectivity index (χ3n) is 2.71. The maximum Gasteiger partial charge on any atom is 0.573 e. The maximum absolute atomic E-state index is 12.2. The van der Waals surface area contributed by atoms with Crippen LogP contribution in [0.3, 0.4) is 0 Å². The number of aldehydes is 1. The van der Waals surface area contributed by atoms with Crippen molar-refractivity contribution in [1.82, 2.24) is 0 Å². The number of benzene rings is 2. The van der Waals surface area contributed by atoms with Crippen molar-refractivity contribution in [1.29, 1.82) is 0 Å². The van der Waals surface area contributed by atoms with Gasteiger partial charge < -0.3 is 4.74 Å². The molecule has 0 spiro atoms. The first-order valence-electron chi connectivity index (χ1n) is 5.86. The van der Waals surface area contributed by atoms with Crippen molar-refractivity contribution in [2.75, 3.05) is 0 Å². The fraction of sp³-hybridized carbons (Fsp3) is 0.133. The highest BCUT2D eigenvalue weighted by atomic mass is 19.4. The van der Waals surface area contributed by atoms with Crippen molar-refractivity contribution >= 4 is 6.29 Å². The topological polar surface area (TPSA) is 26.3 Å². The molecule has 0 N–H and O–H groups in total. The zero-order chi connectivity index (χ0) is 14.6. The fourth-order valence-corrected chi connectivity index (χ4v) is 1.86. The van der Waals surface area contributed by atoms with Crippen molar-refractivity contribution in [3.05, 3.63) is 65.2 Å². The molecule has 104 valence electrons. The van der Waals surface area contributed by atoms with E-state index >= 15 is 0 Å². The Morgan fingerprint density at radius 1 is 1.05 bits per heavy atom. The monoisotopic (exact) mass is 280 g/mol. The van der Waals surface area contributed by atoms with E-state index in [0.29, 0.717) is 23.8 Å². The van der Waals surface area contributed by atoms with E-state index in [1.54, 1.807) is 0 Å². The number of alkyl halides is 3. The highest BCUT2D eigenvalue weighted by Gasteiger charge is 2.31. The molecule has 5 heteroatoms. The summed E-state index contributed by atoms with van der Waals surface area (Å²) in [5.41, 5.74) is 1.75. The van der Waals surface area contributed by atoms with E-state index in [9.17, 15) is 18.0 Å². The third-order valence-corrected chi connectivity index (χ3v) is 2.71. The van der Waals surface area contributed by atoms with Crippen LogP contribution in [0.1, 0.15) is 21.5 Å². The first-order chi connectivity index (χ1) is 9.48. The Morgan fingerprint density at radius 3 is 2.35 bits per heavy atom. The first-order valence-corrected chi connectivity index (χ1v) is 5.86. The number of halogens is 3. The summed E-state index contributed by atoms with van der Waals surface area (Å²) in [7, 11) is 0. The molecule has 2 rings (SSSR count). The van der Waals surface area contributed by atoms with Crippen LogP contribution in [0.25, 0.3) is 0 Å². The Morgan fingerprint density at radius 2 is 1.75 bits per heavy atom. The molecule has 0 saturated heterocycles. The molecule has 0 bridgehead atoms. The lowest BCUT2D eigenvalue weighted by Gasteiger charge is -2.11. The summed E-state index contributed by atoms with van der Waals surface area (Å²) in [4.78, 5) is 11.0. The average molecular weight is 280 g/mol. The van der Waals surface area contributed by atoms with Crippen LogP contribution in [0.15, 0.2) is 48.5 Å². The number of carbonyl (C=O) groups excluding carboxylic acids is 1. The van der Waals surface area contributed by atoms with Gasteiger partial charge in [-0.3, -0.25) is 4.79 Å². The zero-order valence-corrected chi connectivity index (χ0v) is 10.4. The predicted octanol–water partition coefficient (Wildman–Crippen LogP) is 3.99. The Bertz CT molecular complexity index is 592. The van der Waals surface area contributed by atoms with Crippen molar-refractivity contribution in [2.24, 2.45) is 0 Å². The molecule has 0 fully saturated rings. The lowest BCUT2D eigenvalue weighted by Crippen LogP contribution is -2.17. The van der Waals surface area contributed by atoms with Crippen molar-refractivity contribution in [2.45, 2.75) is 12.8 Å². The molecule has 2 aromatic carbocycles. The van der Waals surface area contributed by atoms with Crippen LogP contribution in [0.2, 0.25) is 0 Å². The van der Waals surface area contributed by atoms with Gasteiger partial charge in [-0.05, 0) is 35.7 Å². The van der Waals surface area contributed by atoms with E-state index in [-0.39, 0.29) is 5.75 Å². The van der Waals surface area contributed by atoms with Gasteiger partial charge in [0.1, 0.15) is 12.0 Å². The molecule has 0 aliphatic heterocycles. The summed E-state index contributed by atoms with van der Waals surface area (Å²) in [6.45, 7) is 0. The van der Waals surface area contributed by atoms with E-state index in [2.05, 4.69) is 4.74 Å². The summed E-state index contributed by atoms with van der Waals surface area (Å²) in [6, 6.07) is 12.9. The summed E-state index contributed by atoms with van der Waals surface area (Å²) in [6.07, 6.45) is -3.76. The minimum atomic E-state index is -4.74. The number of carbonyl (C=O) groups is 1. The molecule has 0 heterocycles. The maximum atomic E-state index is 12.2. The standard InChI is InChI=1S/C15H11F3O2/c16-15(17,18)20-14-7-6-12(10-19)13(9-14)8-11-4-2-1-3-5-11/h1-7,9-10H,8H2. The Balaban J connectivity index is 2.30. The quantitative estimate of drug-likeness (QED) is 0.792. The smallest absolute Gasteiger partial charge is 0.406 e. The van der Waals surface area contributed by atoms with Gasteiger partial charge in [0.05, 0.1) is 0 Å². The van der Waals surface area contributed by atoms with Gasteiger partial charge in [0, 0.05) is 5.56 Å². The van der Waals surface area contributed by atoms with Crippen LogP contribution in [0, 0.1) is 0 Å². The molecule has 0 aromatic heterocycles. The molecule has 0 aliphatic rings. The number of rotatable bonds is 4. The van der Waals surface area contributed by atoms with Gasteiger partial charge in [-0.15, -0.1) is 13.2 Å². The second-order valence-electron chi connectivity index (χ2n) is 4.19. The summed E-state index contributed by atoms with van der Waals surface area (Å²) in [5, 5.41) is 0. The van der Waals surface area contributed by atoms with E-state index in [4.69, 9.17) is 0 Å². The van der Waals surface area contributed by atoms with Gasteiger partial charge in [-0.25, -0.2) is 0 Å². The molecule has 0 saturated carbocycles. The lowest BCUT2D eigenvalue weighted by molar-refractivity contribution is -0.274. The second kappa shape index (κ2) is 5.77. The highest BCUT2D eigenvalue weighted by Crippen LogP contribution is 2.25. The first kappa shape index (κ1) is 14.1. The van der Waals surface area contributed by atoms with Crippen LogP contribution in [-0.4, -0.2) is 12.6 Å². The molecule has 0 radical (unpaired) electrons. The Kier molecular flexibility index (Phi) is 4.08. The van der Waals surface area contributed by atoms with E-state index < -0.39 is 6.36 Å². The minimum Gasteiger partial charge on any atom is -0.406 e. The second-order valence-corrected chi connectivity index (χ2v) is 4.19. The molecule has 0 unspecified atom stereocenters. The van der Waals surface area contributed by atoms with Crippen LogP contribution in [-0.2, 0) is 6.42 Å². The van der Waals surface area contributed by atoms with Crippen LogP contribution >= 0.6 is 0 Å². The summed E-state index contributed by atoms with van der Waals surface area (Å²) >= 11 is 0. The Hall–Kier alpha value is -2.30. The van der Waals surface area contributed by atoms with Gasteiger partial charge in [-0.2, -0.15) is 0 Å². The van der Waals surface area contributed by atoms with Crippen LogP contribution in [0.4, 0.5) is 13.2 Å². The lowest BCUT2D eigenvalue weighted by atomic mass is 10.00. The minimum absolute atomic E-state index is 0.325. The van der Waals surface area contributed by atoms with Crippen molar-refractivity contribution in [3.8, 4) is 5.75 Å². The molecule has 20 heavy (non-hydrogen) atoms. The number of hydrogen-bond donors (Lipinski definition) is 0. The van der Waals surface area contributed by atoms with Gasteiger partial charge in [0.2, 0.25) is 0 Å². The average Bonchev–Trinajstić information content (AvgIpc) is 2.38. The van der Waals surface area contributed by atoms with Crippen molar-refractivity contribution < 1.29 is 22.7 Å². The largest absolute Gasteiger partial charge is 0.573 e. The predicted molar refractivity (Wildman–Crippen MR) is 67.8 cm³/mol. The molecule has 0 aliphatic carbocycles. The third kappa shape index (κ3) is 3.85. The van der Waals surface area contributed by atoms with Crippen molar-refractivity contribution in [3.63, 3.8) is 0 Å². The summed E-state index contributed by atoms with van der Waals surface area (Å²) in [5.74, 6) is -0.325. The fourth-order valence-electron chi connectivity index (χ4n) is 1.86. The molecular weight excluding hydrogens is 269 g/mol. The Labute approximate surface area is 113 Å². The van der Waals surface area contributed by atoms with Gasteiger partial charge >= 0.3 is 6.36 Å². The molecule has 2 nitrogen and oxygen atoms in total. The zero-order valence-electron chi connectivity index (χ0n) is 10.4. The number of hydrogen-bond acceptors (Lipinski definition) is 2. The molecular formula is C15H11F3O2. The van der Waals surface area contributed by atoms with Gasteiger partial charge in [-0.1, -0.05) is 30.3 Å². The molecule has 0 atom stereocenters. The van der Waals surface area contributed by atoms with Gasteiger partial charge in [0.25, 0.3) is 0 Å². The molecule has 0 amide bonds. The van der Waals surface area contributed by atoms with E-state index in [1.807, 2.05) is 30.3 Å². The van der Waals surface area contributed by atoms with Crippen LogP contribution in [0.5, 0.6) is 5.75 Å².